The molecule has 0 spiro atoms. The third-order valence-corrected chi connectivity index (χ3v) is 3.08. The molecular formula is C15H17FN2O3. The second kappa shape index (κ2) is 6.49. The van der Waals surface area contributed by atoms with Gasteiger partial charge in [0.05, 0.1) is 0 Å². The molecule has 0 aliphatic carbocycles. The van der Waals surface area contributed by atoms with Crippen LogP contribution < -0.4 is 5.56 Å². The van der Waals surface area contributed by atoms with Gasteiger partial charge in [-0.05, 0) is 31.0 Å². The normalized spacial score (nSPS) is 12.3. The number of hydrogen-bond donors (Lipinski definition) is 2. The number of benzene rings is 1. The minimum absolute atomic E-state index is 0.0513. The summed E-state index contributed by atoms with van der Waals surface area (Å²) in [5.74, 6) is -0.657. The van der Waals surface area contributed by atoms with Gasteiger partial charge in [-0.15, -0.1) is 0 Å². The molecule has 1 unspecified atom stereocenters. The van der Waals surface area contributed by atoms with Crippen molar-refractivity contribution in [2.45, 2.75) is 26.4 Å². The summed E-state index contributed by atoms with van der Waals surface area (Å²) in [6.45, 7) is 4.19. The van der Waals surface area contributed by atoms with Crippen molar-refractivity contribution in [3.63, 3.8) is 0 Å². The first-order chi connectivity index (χ1) is 10.1. The Bertz CT molecular complexity index is 685. The SMILES string of the molecule is CCOC(CC)c1nc(O)c(-c2cccc(F)c2)c(=O)[nH]1. The molecule has 0 saturated carbocycles. The minimum atomic E-state index is -0.527. The second-order valence-corrected chi connectivity index (χ2v) is 4.51. The van der Waals surface area contributed by atoms with E-state index >= 15 is 0 Å². The van der Waals surface area contributed by atoms with E-state index in [0.29, 0.717) is 13.0 Å². The van der Waals surface area contributed by atoms with Gasteiger partial charge < -0.3 is 14.8 Å². The number of aromatic amines is 1. The number of hydrogen-bond acceptors (Lipinski definition) is 4. The van der Waals surface area contributed by atoms with Gasteiger partial charge in [0.15, 0.2) is 0 Å². The van der Waals surface area contributed by atoms with Crippen molar-refractivity contribution in [3.05, 3.63) is 46.3 Å². The molecule has 2 aromatic rings. The molecule has 1 aromatic carbocycles. The Hall–Kier alpha value is -2.21. The monoisotopic (exact) mass is 292 g/mol. The fourth-order valence-electron chi connectivity index (χ4n) is 2.13. The molecule has 0 saturated heterocycles. The number of aromatic nitrogens is 2. The van der Waals surface area contributed by atoms with Crippen LogP contribution in [0, 0.1) is 5.82 Å². The van der Waals surface area contributed by atoms with Crippen molar-refractivity contribution in [2.24, 2.45) is 0 Å². The van der Waals surface area contributed by atoms with Crippen molar-refractivity contribution >= 4 is 0 Å². The van der Waals surface area contributed by atoms with Gasteiger partial charge in [0.1, 0.15) is 23.3 Å². The van der Waals surface area contributed by atoms with Crippen LogP contribution in [0.15, 0.2) is 29.1 Å². The highest BCUT2D eigenvalue weighted by atomic mass is 19.1. The molecule has 112 valence electrons. The molecule has 1 aromatic heterocycles. The van der Waals surface area contributed by atoms with E-state index in [9.17, 15) is 14.3 Å². The summed E-state index contributed by atoms with van der Waals surface area (Å²) in [5.41, 5.74) is -0.303. The predicted molar refractivity (Wildman–Crippen MR) is 76.6 cm³/mol. The first-order valence-electron chi connectivity index (χ1n) is 6.77. The highest BCUT2D eigenvalue weighted by Crippen LogP contribution is 2.26. The fraction of sp³-hybridized carbons (Fsp3) is 0.333. The number of aromatic hydroxyl groups is 1. The van der Waals surface area contributed by atoms with Gasteiger partial charge in [-0.1, -0.05) is 19.1 Å². The van der Waals surface area contributed by atoms with Crippen molar-refractivity contribution in [1.82, 2.24) is 9.97 Å². The highest BCUT2D eigenvalue weighted by Gasteiger charge is 2.18. The van der Waals surface area contributed by atoms with E-state index < -0.39 is 23.4 Å². The van der Waals surface area contributed by atoms with E-state index in [4.69, 9.17) is 4.74 Å². The zero-order valence-electron chi connectivity index (χ0n) is 11.9. The van der Waals surface area contributed by atoms with Crippen molar-refractivity contribution in [3.8, 4) is 17.0 Å². The average Bonchev–Trinajstić information content (AvgIpc) is 2.44. The van der Waals surface area contributed by atoms with E-state index in [2.05, 4.69) is 9.97 Å². The van der Waals surface area contributed by atoms with Crippen LogP contribution in [-0.4, -0.2) is 21.7 Å². The Labute approximate surface area is 121 Å². The summed E-state index contributed by atoms with van der Waals surface area (Å²) in [4.78, 5) is 18.7. The maximum absolute atomic E-state index is 13.2. The number of ether oxygens (including phenoxy) is 1. The van der Waals surface area contributed by atoms with Crippen LogP contribution >= 0.6 is 0 Å². The second-order valence-electron chi connectivity index (χ2n) is 4.51. The molecule has 5 nitrogen and oxygen atoms in total. The summed E-state index contributed by atoms with van der Waals surface area (Å²) in [6, 6.07) is 5.44. The number of nitrogens with zero attached hydrogens (tertiary/aromatic N) is 1. The zero-order chi connectivity index (χ0) is 15.4. The summed E-state index contributed by atoms with van der Waals surface area (Å²) >= 11 is 0. The van der Waals surface area contributed by atoms with Crippen molar-refractivity contribution in [2.75, 3.05) is 6.61 Å². The number of halogens is 1. The third-order valence-electron chi connectivity index (χ3n) is 3.08. The summed E-state index contributed by atoms with van der Waals surface area (Å²) < 4.78 is 18.7. The molecule has 21 heavy (non-hydrogen) atoms. The summed E-state index contributed by atoms with van der Waals surface area (Å²) in [5, 5.41) is 10.0. The molecule has 1 heterocycles. The minimum Gasteiger partial charge on any atom is -0.493 e. The molecular weight excluding hydrogens is 275 g/mol. The Kier molecular flexibility index (Phi) is 4.70. The van der Waals surface area contributed by atoms with Gasteiger partial charge in [-0.2, -0.15) is 4.98 Å². The molecule has 1 atom stereocenters. The first-order valence-corrected chi connectivity index (χ1v) is 6.77. The number of rotatable bonds is 5. The third kappa shape index (κ3) is 3.28. The lowest BCUT2D eigenvalue weighted by atomic mass is 10.1. The maximum Gasteiger partial charge on any atom is 0.262 e. The molecule has 6 heteroatoms. The van der Waals surface area contributed by atoms with E-state index in [1.54, 1.807) is 0 Å². The molecule has 0 bridgehead atoms. The van der Waals surface area contributed by atoms with Gasteiger partial charge in [-0.25, -0.2) is 4.39 Å². The highest BCUT2D eigenvalue weighted by molar-refractivity contribution is 5.67. The van der Waals surface area contributed by atoms with Crippen LogP contribution in [0.2, 0.25) is 0 Å². The molecule has 0 aliphatic rings. The molecule has 0 radical (unpaired) electrons. The quantitative estimate of drug-likeness (QED) is 0.888. The van der Waals surface area contributed by atoms with Crippen molar-refractivity contribution < 1.29 is 14.2 Å². The molecule has 0 amide bonds. The van der Waals surface area contributed by atoms with Gasteiger partial charge in [0.2, 0.25) is 5.88 Å². The Morgan fingerprint density at radius 2 is 2.19 bits per heavy atom. The van der Waals surface area contributed by atoms with Gasteiger partial charge in [-0.3, -0.25) is 4.79 Å². The molecule has 0 fully saturated rings. The standard InChI is InChI=1S/C15H17FN2O3/c1-3-11(21-4-2)13-17-14(19)12(15(20)18-13)9-6-5-7-10(16)8-9/h5-8,11H,3-4H2,1-2H3,(H2,17,18,19,20). The Morgan fingerprint density at radius 3 is 2.76 bits per heavy atom. The first kappa shape index (κ1) is 15.2. The van der Waals surface area contributed by atoms with Crippen LogP contribution in [0.25, 0.3) is 11.1 Å². The number of nitrogens with one attached hydrogen (secondary N) is 1. The van der Waals surface area contributed by atoms with E-state index in [0.717, 1.165) is 0 Å². The summed E-state index contributed by atoms with van der Waals surface area (Å²) in [6.07, 6.45) is 0.213. The maximum atomic E-state index is 13.2. The van der Waals surface area contributed by atoms with Crippen LogP contribution in [-0.2, 0) is 4.74 Å². The lowest BCUT2D eigenvalue weighted by molar-refractivity contribution is 0.0529. The smallest absolute Gasteiger partial charge is 0.262 e. The van der Waals surface area contributed by atoms with Gasteiger partial charge in [0.25, 0.3) is 5.56 Å². The Balaban J connectivity index is 2.49. The predicted octanol–water partition coefficient (Wildman–Crippen LogP) is 2.77. The van der Waals surface area contributed by atoms with E-state index in [-0.39, 0.29) is 17.0 Å². The van der Waals surface area contributed by atoms with Crippen LogP contribution in [0.5, 0.6) is 5.88 Å². The molecule has 2 N–H and O–H groups in total. The average molecular weight is 292 g/mol. The fourth-order valence-corrected chi connectivity index (χ4v) is 2.13. The van der Waals surface area contributed by atoms with Crippen LogP contribution in [0.3, 0.4) is 0 Å². The van der Waals surface area contributed by atoms with Crippen LogP contribution in [0.4, 0.5) is 4.39 Å². The molecule has 2 rings (SSSR count). The van der Waals surface area contributed by atoms with Crippen molar-refractivity contribution in [1.29, 1.82) is 0 Å². The number of H-pyrrole nitrogens is 1. The van der Waals surface area contributed by atoms with Gasteiger partial charge >= 0.3 is 0 Å². The summed E-state index contributed by atoms with van der Waals surface area (Å²) in [7, 11) is 0. The van der Waals surface area contributed by atoms with E-state index in [1.165, 1.54) is 24.3 Å². The lowest BCUT2D eigenvalue weighted by Gasteiger charge is -2.15. The van der Waals surface area contributed by atoms with E-state index in [1.807, 2.05) is 13.8 Å². The lowest BCUT2D eigenvalue weighted by Crippen LogP contribution is -2.18. The van der Waals surface area contributed by atoms with Gasteiger partial charge in [0, 0.05) is 6.61 Å². The molecule has 0 aliphatic heterocycles. The van der Waals surface area contributed by atoms with Crippen LogP contribution in [0.1, 0.15) is 32.2 Å². The largest absolute Gasteiger partial charge is 0.493 e. The zero-order valence-corrected chi connectivity index (χ0v) is 11.9. The topological polar surface area (TPSA) is 75.2 Å². The Morgan fingerprint density at radius 1 is 1.43 bits per heavy atom.